The minimum absolute atomic E-state index is 0.132. The van der Waals surface area contributed by atoms with Gasteiger partial charge in [-0.05, 0) is 50.7 Å². The number of aromatic nitrogens is 3. The number of amides is 2. The van der Waals surface area contributed by atoms with Crippen LogP contribution < -0.4 is 15.5 Å². The number of carbonyl (C=O) groups is 2. The molecule has 2 saturated heterocycles. The molecule has 3 aliphatic rings. The van der Waals surface area contributed by atoms with E-state index in [1.165, 1.54) is 11.8 Å². The van der Waals surface area contributed by atoms with Crippen molar-refractivity contribution >= 4 is 35.2 Å². The second-order valence-corrected chi connectivity index (χ2v) is 10.5. The second-order valence-electron chi connectivity index (χ2n) is 9.56. The monoisotopic (exact) mass is 498 g/mol. The van der Waals surface area contributed by atoms with Crippen LogP contribution in [-0.2, 0) is 16.1 Å². The maximum atomic E-state index is 12.9. The molecule has 9 nitrogen and oxygen atoms in total. The summed E-state index contributed by atoms with van der Waals surface area (Å²) in [6.45, 7) is 3.46. The molecule has 0 spiro atoms. The molecule has 2 aromatic rings. The molecule has 1 unspecified atom stereocenters. The number of hydrogen-bond acceptors (Lipinski definition) is 7. The van der Waals surface area contributed by atoms with Crippen LogP contribution in [0, 0.1) is 0 Å². The Morgan fingerprint density at radius 2 is 1.83 bits per heavy atom. The van der Waals surface area contributed by atoms with Crippen LogP contribution >= 0.6 is 11.8 Å². The smallest absolute Gasteiger partial charge is 0.253 e. The van der Waals surface area contributed by atoms with E-state index in [4.69, 9.17) is 4.74 Å². The van der Waals surface area contributed by atoms with E-state index >= 15 is 0 Å². The molecule has 2 N–H and O–H groups in total. The van der Waals surface area contributed by atoms with Crippen LogP contribution in [0.25, 0.3) is 0 Å². The molecule has 3 fully saturated rings. The third-order valence-corrected chi connectivity index (χ3v) is 7.93. The number of ether oxygens (including phenoxy) is 1. The van der Waals surface area contributed by atoms with Gasteiger partial charge >= 0.3 is 0 Å². The van der Waals surface area contributed by atoms with Crippen LogP contribution in [0.15, 0.2) is 29.4 Å². The predicted octanol–water partition coefficient (Wildman–Crippen LogP) is 3.46. The molecule has 35 heavy (non-hydrogen) atoms. The van der Waals surface area contributed by atoms with Crippen LogP contribution in [0.5, 0.6) is 0 Å². The molecule has 0 radical (unpaired) electrons. The molecule has 1 aliphatic carbocycles. The summed E-state index contributed by atoms with van der Waals surface area (Å²) in [5.74, 6) is 0.745. The third kappa shape index (κ3) is 5.98. The van der Waals surface area contributed by atoms with Crippen molar-refractivity contribution in [3.05, 3.63) is 29.8 Å². The Labute approximate surface area is 210 Å². The van der Waals surface area contributed by atoms with Crippen LogP contribution in [-0.4, -0.2) is 64.2 Å². The molecule has 0 bridgehead atoms. The Morgan fingerprint density at radius 3 is 2.60 bits per heavy atom. The summed E-state index contributed by atoms with van der Waals surface area (Å²) in [5, 5.41) is 15.6. The highest BCUT2D eigenvalue weighted by atomic mass is 32.2. The second kappa shape index (κ2) is 11.4. The zero-order valence-electron chi connectivity index (χ0n) is 20.1. The normalized spacial score (nSPS) is 20.5. The lowest BCUT2D eigenvalue weighted by molar-refractivity contribution is -0.113. The van der Waals surface area contributed by atoms with Crippen molar-refractivity contribution in [1.82, 2.24) is 20.1 Å². The highest BCUT2D eigenvalue weighted by molar-refractivity contribution is 7.99. The van der Waals surface area contributed by atoms with Crippen molar-refractivity contribution in [1.29, 1.82) is 0 Å². The van der Waals surface area contributed by atoms with Crippen molar-refractivity contribution in [3.63, 3.8) is 0 Å². The minimum Gasteiger partial charge on any atom is -0.376 e. The lowest BCUT2D eigenvalue weighted by atomic mass is 10.1. The third-order valence-electron chi connectivity index (χ3n) is 6.96. The van der Waals surface area contributed by atoms with Gasteiger partial charge in [0.05, 0.1) is 29.7 Å². The van der Waals surface area contributed by atoms with Gasteiger partial charge < -0.3 is 20.3 Å². The lowest BCUT2D eigenvalue weighted by Crippen LogP contribution is -2.33. The first-order valence-electron chi connectivity index (χ1n) is 12.8. The molecule has 1 saturated carbocycles. The van der Waals surface area contributed by atoms with Crippen molar-refractivity contribution in [2.45, 2.75) is 75.2 Å². The number of nitrogens with one attached hydrogen (secondary N) is 2. The highest BCUT2D eigenvalue weighted by Crippen LogP contribution is 2.27. The quantitative estimate of drug-likeness (QED) is 0.511. The van der Waals surface area contributed by atoms with Crippen LogP contribution in [0.2, 0.25) is 0 Å². The van der Waals surface area contributed by atoms with Gasteiger partial charge in [0.25, 0.3) is 5.91 Å². The van der Waals surface area contributed by atoms with Crippen LogP contribution in [0.4, 0.5) is 11.6 Å². The summed E-state index contributed by atoms with van der Waals surface area (Å²) in [5.41, 5.74) is 1.03. The van der Waals surface area contributed by atoms with E-state index in [2.05, 4.69) is 30.3 Å². The lowest BCUT2D eigenvalue weighted by Gasteiger charge is -2.20. The Bertz CT molecular complexity index is 1030. The van der Waals surface area contributed by atoms with E-state index in [9.17, 15) is 9.59 Å². The molecule has 1 aromatic heterocycles. The van der Waals surface area contributed by atoms with E-state index in [0.29, 0.717) is 17.8 Å². The zero-order chi connectivity index (χ0) is 24.0. The Kier molecular flexibility index (Phi) is 7.88. The molecule has 188 valence electrons. The Hall–Kier alpha value is -2.59. The van der Waals surface area contributed by atoms with Gasteiger partial charge in [-0.2, -0.15) is 0 Å². The van der Waals surface area contributed by atoms with Crippen LogP contribution in [0.3, 0.4) is 0 Å². The van der Waals surface area contributed by atoms with Gasteiger partial charge in [-0.1, -0.05) is 36.7 Å². The molecule has 1 atom stereocenters. The zero-order valence-corrected chi connectivity index (χ0v) is 20.9. The first kappa shape index (κ1) is 24.1. The predicted molar refractivity (Wildman–Crippen MR) is 136 cm³/mol. The topological polar surface area (TPSA) is 101 Å². The van der Waals surface area contributed by atoms with E-state index in [0.717, 1.165) is 82.2 Å². The first-order chi connectivity index (χ1) is 17.2. The van der Waals surface area contributed by atoms with E-state index in [1.54, 1.807) is 12.1 Å². The van der Waals surface area contributed by atoms with Gasteiger partial charge in [0.15, 0.2) is 5.16 Å². The summed E-state index contributed by atoms with van der Waals surface area (Å²) in [7, 11) is 0. The number of nitrogens with zero attached hydrogens (tertiary/aromatic N) is 4. The number of para-hydroxylation sites is 1. The SMILES string of the molecule is O=C(CSc1nnc(N2CCCC2)n1CC1CCCO1)Nc1ccccc1C(=O)NC1CCCC1. The molecular weight excluding hydrogens is 464 g/mol. The highest BCUT2D eigenvalue weighted by Gasteiger charge is 2.26. The molecule has 2 amide bonds. The average Bonchev–Trinajstić information content (AvgIpc) is 3.67. The fraction of sp³-hybridized carbons (Fsp3) is 0.600. The first-order valence-corrected chi connectivity index (χ1v) is 13.8. The maximum Gasteiger partial charge on any atom is 0.253 e. The van der Waals surface area contributed by atoms with E-state index in [1.807, 2.05) is 12.1 Å². The van der Waals surface area contributed by atoms with Crippen molar-refractivity contribution in [3.8, 4) is 0 Å². The summed E-state index contributed by atoms with van der Waals surface area (Å²) >= 11 is 1.37. The number of benzene rings is 1. The summed E-state index contributed by atoms with van der Waals surface area (Å²) in [6, 6.07) is 7.41. The Morgan fingerprint density at radius 1 is 1.03 bits per heavy atom. The van der Waals surface area contributed by atoms with E-state index < -0.39 is 0 Å². The number of hydrogen-bond donors (Lipinski definition) is 2. The standard InChI is InChI=1S/C25H34N6O3S/c32-22(27-21-12-4-3-11-20(21)23(33)26-18-8-1-2-9-18)17-35-25-29-28-24(30-13-5-6-14-30)31(25)16-19-10-7-15-34-19/h3-4,11-12,18-19H,1-2,5-10,13-17H2,(H,26,33)(H,27,32). The Balaban J connectivity index is 1.23. The largest absolute Gasteiger partial charge is 0.376 e. The van der Waals surface area contributed by atoms with Gasteiger partial charge in [0.2, 0.25) is 11.9 Å². The molecule has 10 heteroatoms. The van der Waals surface area contributed by atoms with Crippen molar-refractivity contribution in [2.24, 2.45) is 0 Å². The number of carbonyl (C=O) groups excluding carboxylic acids is 2. The summed E-state index contributed by atoms with van der Waals surface area (Å²) < 4.78 is 7.98. The van der Waals surface area contributed by atoms with Gasteiger partial charge in [-0.15, -0.1) is 10.2 Å². The maximum absolute atomic E-state index is 12.9. The summed E-state index contributed by atoms with van der Waals surface area (Å²) in [4.78, 5) is 28.0. The van der Waals surface area contributed by atoms with E-state index in [-0.39, 0.29) is 29.7 Å². The number of thioether (sulfide) groups is 1. The minimum atomic E-state index is -0.175. The van der Waals surface area contributed by atoms with Gasteiger partial charge in [-0.25, -0.2) is 0 Å². The number of rotatable bonds is 9. The van der Waals surface area contributed by atoms with Crippen LogP contribution in [0.1, 0.15) is 61.7 Å². The van der Waals surface area contributed by atoms with Gasteiger partial charge in [0, 0.05) is 25.7 Å². The average molecular weight is 499 g/mol. The van der Waals surface area contributed by atoms with Gasteiger partial charge in [-0.3, -0.25) is 14.2 Å². The molecular formula is C25H34N6O3S. The summed E-state index contributed by atoms with van der Waals surface area (Å²) in [6.07, 6.45) is 8.91. The molecule has 1 aromatic carbocycles. The molecule has 2 aliphatic heterocycles. The molecule has 5 rings (SSSR count). The fourth-order valence-corrected chi connectivity index (χ4v) is 5.87. The van der Waals surface area contributed by atoms with Crippen molar-refractivity contribution < 1.29 is 14.3 Å². The molecule has 3 heterocycles. The fourth-order valence-electron chi connectivity index (χ4n) is 5.13. The van der Waals surface area contributed by atoms with Gasteiger partial charge in [0.1, 0.15) is 0 Å². The number of anilines is 2. The van der Waals surface area contributed by atoms with Crippen molar-refractivity contribution in [2.75, 3.05) is 35.7 Å².